The summed E-state index contributed by atoms with van der Waals surface area (Å²) in [5, 5.41) is 14.8. The first-order chi connectivity index (χ1) is 15.0. The molecule has 1 aromatic carbocycles. The highest BCUT2D eigenvalue weighted by atomic mass is 19.1. The van der Waals surface area contributed by atoms with Crippen molar-refractivity contribution >= 4 is 34.4 Å². The Bertz CT molecular complexity index is 1060. The summed E-state index contributed by atoms with van der Waals surface area (Å²) in [7, 11) is 1.83. The standard InChI is InChI=1S/C22H23FN6O2/c1-27(17-10-12-24-13-11-17)21-9-8-20(29(30)31)22(26-21)25-18-6-2-3-7-19(18)28-14-4-5-16(23)15-28/h2-3,6-13,16H,4-5,14-15H2,1H3,(H,25,26). The molecule has 1 atom stereocenters. The lowest BCUT2D eigenvalue weighted by Gasteiger charge is -2.32. The smallest absolute Gasteiger partial charge is 0.311 e. The molecule has 8 nitrogen and oxygen atoms in total. The average molecular weight is 422 g/mol. The number of aromatic nitrogens is 2. The van der Waals surface area contributed by atoms with E-state index in [1.165, 1.54) is 6.07 Å². The van der Waals surface area contributed by atoms with Crippen molar-refractivity contribution in [1.29, 1.82) is 0 Å². The second-order valence-electron chi connectivity index (χ2n) is 7.39. The zero-order valence-corrected chi connectivity index (χ0v) is 17.1. The molecular formula is C22H23FN6O2. The summed E-state index contributed by atoms with van der Waals surface area (Å²) in [6.07, 6.45) is 3.78. The number of benzene rings is 1. The van der Waals surface area contributed by atoms with Gasteiger partial charge in [-0.1, -0.05) is 12.1 Å². The third-order valence-electron chi connectivity index (χ3n) is 5.31. The van der Waals surface area contributed by atoms with Gasteiger partial charge in [-0.15, -0.1) is 0 Å². The number of pyridine rings is 2. The topological polar surface area (TPSA) is 87.4 Å². The molecule has 1 aliphatic rings. The van der Waals surface area contributed by atoms with Gasteiger partial charge in [-0.25, -0.2) is 9.37 Å². The van der Waals surface area contributed by atoms with E-state index in [1.807, 2.05) is 53.2 Å². The third kappa shape index (κ3) is 4.55. The van der Waals surface area contributed by atoms with E-state index in [9.17, 15) is 14.5 Å². The second kappa shape index (κ2) is 8.95. The Morgan fingerprint density at radius 2 is 1.97 bits per heavy atom. The maximum atomic E-state index is 14.0. The summed E-state index contributed by atoms with van der Waals surface area (Å²) < 4.78 is 14.0. The Kier molecular flexibility index (Phi) is 5.92. The molecule has 0 bridgehead atoms. The van der Waals surface area contributed by atoms with E-state index >= 15 is 0 Å². The fourth-order valence-electron chi connectivity index (χ4n) is 3.69. The lowest BCUT2D eigenvalue weighted by Crippen LogP contribution is -2.36. The van der Waals surface area contributed by atoms with Crippen LogP contribution < -0.4 is 15.1 Å². The van der Waals surface area contributed by atoms with Crippen LogP contribution in [0.15, 0.2) is 60.9 Å². The SMILES string of the molecule is CN(c1ccncc1)c1ccc([N+](=O)[O-])c(Nc2ccccc2N2CCCC(F)C2)n1. The Morgan fingerprint density at radius 3 is 2.71 bits per heavy atom. The molecule has 160 valence electrons. The number of halogens is 1. The van der Waals surface area contributed by atoms with Gasteiger partial charge in [0.2, 0.25) is 5.82 Å². The van der Waals surface area contributed by atoms with Gasteiger partial charge < -0.3 is 15.1 Å². The number of hydrogen-bond donors (Lipinski definition) is 1. The normalized spacial score (nSPS) is 16.1. The van der Waals surface area contributed by atoms with E-state index in [0.717, 1.165) is 24.3 Å². The van der Waals surface area contributed by atoms with Gasteiger partial charge in [0.05, 0.1) is 16.3 Å². The fraction of sp³-hybridized carbons (Fsp3) is 0.273. The van der Waals surface area contributed by atoms with Gasteiger partial charge in [-0.05, 0) is 43.2 Å². The van der Waals surface area contributed by atoms with Gasteiger partial charge in [-0.2, -0.15) is 0 Å². The van der Waals surface area contributed by atoms with Crippen LogP contribution in [0.25, 0.3) is 0 Å². The summed E-state index contributed by atoms with van der Waals surface area (Å²) in [6.45, 7) is 1.04. The number of piperidine rings is 1. The van der Waals surface area contributed by atoms with Crippen LogP contribution >= 0.6 is 0 Å². The Labute approximate surface area is 179 Å². The minimum atomic E-state index is -0.883. The lowest BCUT2D eigenvalue weighted by atomic mass is 10.1. The van der Waals surface area contributed by atoms with Crippen LogP contribution in [0.2, 0.25) is 0 Å². The average Bonchev–Trinajstić information content (AvgIpc) is 2.79. The first kappa shape index (κ1) is 20.5. The number of nitro groups is 1. The fourth-order valence-corrected chi connectivity index (χ4v) is 3.69. The van der Waals surface area contributed by atoms with Crippen molar-refractivity contribution in [2.24, 2.45) is 0 Å². The van der Waals surface area contributed by atoms with Gasteiger partial charge in [0.1, 0.15) is 12.0 Å². The Balaban J connectivity index is 1.69. The van der Waals surface area contributed by atoms with Crippen LogP contribution in [-0.4, -0.2) is 41.2 Å². The lowest BCUT2D eigenvalue weighted by molar-refractivity contribution is -0.384. The predicted molar refractivity (Wildman–Crippen MR) is 119 cm³/mol. The first-order valence-corrected chi connectivity index (χ1v) is 10.1. The molecule has 0 saturated carbocycles. The number of rotatable bonds is 6. The molecule has 1 aliphatic heterocycles. The van der Waals surface area contributed by atoms with E-state index < -0.39 is 11.1 Å². The zero-order valence-electron chi connectivity index (χ0n) is 17.1. The number of nitrogens with one attached hydrogen (secondary N) is 1. The molecule has 1 saturated heterocycles. The Morgan fingerprint density at radius 1 is 1.19 bits per heavy atom. The summed E-state index contributed by atoms with van der Waals surface area (Å²) >= 11 is 0. The summed E-state index contributed by atoms with van der Waals surface area (Å²) in [5.74, 6) is 0.670. The monoisotopic (exact) mass is 422 g/mol. The quantitative estimate of drug-likeness (QED) is 0.449. The molecule has 0 radical (unpaired) electrons. The van der Waals surface area contributed by atoms with Crippen molar-refractivity contribution in [1.82, 2.24) is 9.97 Å². The predicted octanol–water partition coefficient (Wildman–Crippen LogP) is 4.83. The molecule has 4 rings (SSSR count). The van der Waals surface area contributed by atoms with Crippen LogP contribution in [0.4, 0.5) is 38.8 Å². The minimum Gasteiger partial charge on any atom is -0.367 e. The van der Waals surface area contributed by atoms with Crippen molar-refractivity contribution in [2.45, 2.75) is 19.0 Å². The molecule has 3 heterocycles. The molecular weight excluding hydrogens is 399 g/mol. The van der Waals surface area contributed by atoms with Crippen molar-refractivity contribution in [2.75, 3.05) is 35.3 Å². The molecule has 9 heteroatoms. The third-order valence-corrected chi connectivity index (χ3v) is 5.31. The van der Waals surface area contributed by atoms with Crippen LogP contribution in [0.1, 0.15) is 12.8 Å². The molecule has 1 fully saturated rings. The summed E-state index contributed by atoms with van der Waals surface area (Å²) in [6, 6.07) is 14.1. The first-order valence-electron chi connectivity index (χ1n) is 10.1. The van der Waals surface area contributed by atoms with Gasteiger partial charge >= 0.3 is 5.69 Å². The van der Waals surface area contributed by atoms with Gasteiger partial charge in [-0.3, -0.25) is 15.1 Å². The molecule has 0 spiro atoms. The maximum Gasteiger partial charge on any atom is 0.311 e. The Hall–Kier alpha value is -3.75. The van der Waals surface area contributed by atoms with E-state index in [1.54, 1.807) is 18.5 Å². The molecule has 31 heavy (non-hydrogen) atoms. The molecule has 3 aromatic rings. The molecule has 1 unspecified atom stereocenters. The van der Waals surface area contributed by atoms with Gasteiger partial charge in [0, 0.05) is 44.3 Å². The number of anilines is 5. The van der Waals surface area contributed by atoms with Crippen LogP contribution in [0.5, 0.6) is 0 Å². The zero-order chi connectivity index (χ0) is 21.8. The van der Waals surface area contributed by atoms with Crippen LogP contribution in [-0.2, 0) is 0 Å². The van der Waals surface area contributed by atoms with E-state index in [2.05, 4.69) is 15.3 Å². The van der Waals surface area contributed by atoms with Gasteiger partial charge in [0.25, 0.3) is 0 Å². The van der Waals surface area contributed by atoms with Crippen LogP contribution in [0.3, 0.4) is 0 Å². The van der Waals surface area contributed by atoms with E-state index in [0.29, 0.717) is 24.5 Å². The largest absolute Gasteiger partial charge is 0.367 e. The van der Waals surface area contributed by atoms with Crippen molar-refractivity contribution in [3.05, 3.63) is 71.0 Å². The second-order valence-corrected chi connectivity index (χ2v) is 7.39. The minimum absolute atomic E-state index is 0.129. The van der Waals surface area contributed by atoms with E-state index in [4.69, 9.17) is 0 Å². The van der Waals surface area contributed by atoms with Gasteiger partial charge in [0.15, 0.2) is 0 Å². The van der Waals surface area contributed by atoms with Crippen molar-refractivity contribution in [3.8, 4) is 0 Å². The highest BCUT2D eigenvalue weighted by Gasteiger charge is 2.23. The highest BCUT2D eigenvalue weighted by Crippen LogP contribution is 2.35. The molecule has 1 N–H and O–H groups in total. The summed E-state index contributed by atoms with van der Waals surface area (Å²) in [4.78, 5) is 23.5. The molecule has 0 amide bonds. The highest BCUT2D eigenvalue weighted by molar-refractivity contribution is 5.78. The van der Waals surface area contributed by atoms with Crippen LogP contribution in [0, 0.1) is 10.1 Å². The maximum absolute atomic E-state index is 14.0. The summed E-state index contributed by atoms with van der Waals surface area (Å²) in [5.41, 5.74) is 2.17. The number of nitrogens with zero attached hydrogens (tertiary/aromatic N) is 5. The van der Waals surface area contributed by atoms with Crippen molar-refractivity contribution < 1.29 is 9.31 Å². The number of para-hydroxylation sites is 2. The number of alkyl halides is 1. The molecule has 0 aliphatic carbocycles. The van der Waals surface area contributed by atoms with Crippen molar-refractivity contribution in [3.63, 3.8) is 0 Å². The molecule has 2 aromatic heterocycles. The number of hydrogen-bond acceptors (Lipinski definition) is 7. The van der Waals surface area contributed by atoms with E-state index in [-0.39, 0.29) is 11.5 Å².